The molecule has 1 aliphatic carbocycles. The van der Waals surface area contributed by atoms with Crippen LogP contribution in [0.2, 0.25) is 0 Å². The summed E-state index contributed by atoms with van der Waals surface area (Å²) in [6.45, 7) is 1.55. The van der Waals surface area contributed by atoms with Gasteiger partial charge in [-0.25, -0.2) is 0 Å². The van der Waals surface area contributed by atoms with Gasteiger partial charge in [0.15, 0.2) is 0 Å². The summed E-state index contributed by atoms with van der Waals surface area (Å²) in [6.07, 6.45) is 5.57. The zero-order chi connectivity index (χ0) is 14.3. The lowest BCUT2D eigenvalue weighted by molar-refractivity contribution is -0.133. The summed E-state index contributed by atoms with van der Waals surface area (Å²) in [5, 5.41) is 3.57. The molecule has 3 fully saturated rings. The first-order valence-electron chi connectivity index (χ1n) is 8.04. The molecular weight excluding hydrogens is 264 g/mol. The highest BCUT2D eigenvalue weighted by Crippen LogP contribution is 2.46. The van der Waals surface area contributed by atoms with Crippen molar-refractivity contribution in [2.75, 3.05) is 13.2 Å². The van der Waals surface area contributed by atoms with Gasteiger partial charge in [-0.15, -0.1) is 0 Å². The zero-order valence-electron chi connectivity index (χ0n) is 12.3. The van der Waals surface area contributed by atoms with Gasteiger partial charge in [-0.3, -0.25) is 10.1 Å². The predicted octanol–water partition coefficient (Wildman–Crippen LogP) is 2.22. The van der Waals surface area contributed by atoms with E-state index in [0.29, 0.717) is 6.54 Å². The molecule has 3 aliphatic rings. The van der Waals surface area contributed by atoms with Crippen LogP contribution in [0.1, 0.15) is 43.8 Å². The van der Waals surface area contributed by atoms with Crippen molar-refractivity contribution in [3.63, 3.8) is 0 Å². The minimum atomic E-state index is -0.269. The Balaban J connectivity index is 1.57. The van der Waals surface area contributed by atoms with Crippen LogP contribution in [0.5, 0.6) is 0 Å². The van der Waals surface area contributed by atoms with Crippen molar-refractivity contribution in [2.45, 2.75) is 49.9 Å². The summed E-state index contributed by atoms with van der Waals surface area (Å²) in [4.78, 5) is 14.8. The Morgan fingerprint density at radius 3 is 2.71 bits per heavy atom. The Kier molecular flexibility index (Phi) is 3.23. The largest absolute Gasteiger partial charge is 0.376 e. The second kappa shape index (κ2) is 5.11. The minimum Gasteiger partial charge on any atom is -0.376 e. The number of hydrogen-bond donors (Lipinski definition) is 1. The number of carbonyl (C=O) groups is 1. The molecule has 2 heterocycles. The second-order valence-electron chi connectivity index (χ2n) is 6.49. The molecule has 1 amide bonds. The molecule has 0 radical (unpaired) electrons. The summed E-state index contributed by atoms with van der Waals surface area (Å²) >= 11 is 0. The monoisotopic (exact) mass is 286 g/mol. The van der Waals surface area contributed by atoms with E-state index in [1.807, 2.05) is 23.1 Å². The first-order chi connectivity index (χ1) is 10.3. The van der Waals surface area contributed by atoms with Gasteiger partial charge >= 0.3 is 0 Å². The highest BCUT2D eigenvalue weighted by Gasteiger charge is 2.59. The molecule has 1 N–H and O–H groups in total. The van der Waals surface area contributed by atoms with E-state index in [2.05, 4.69) is 17.4 Å². The Labute approximate surface area is 125 Å². The van der Waals surface area contributed by atoms with Gasteiger partial charge in [-0.1, -0.05) is 30.3 Å². The zero-order valence-corrected chi connectivity index (χ0v) is 12.3. The molecule has 1 aromatic rings. The summed E-state index contributed by atoms with van der Waals surface area (Å²) in [5.41, 5.74) is 0.903. The van der Waals surface area contributed by atoms with E-state index in [4.69, 9.17) is 4.74 Å². The molecule has 2 atom stereocenters. The highest BCUT2D eigenvalue weighted by atomic mass is 16.5. The van der Waals surface area contributed by atoms with Crippen LogP contribution in [0.25, 0.3) is 0 Å². The number of rotatable bonds is 3. The molecule has 4 rings (SSSR count). The third kappa shape index (κ3) is 2.36. The molecule has 21 heavy (non-hydrogen) atoms. The fourth-order valence-corrected chi connectivity index (χ4v) is 3.53. The normalized spacial score (nSPS) is 30.9. The van der Waals surface area contributed by atoms with Crippen LogP contribution in [0.15, 0.2) is 30.3 Å². The van der Waals surface area contributed by atoms with Crippen molar-refractivity contribution in [1.82, 2.24) is 10.2 Å². The van der Waals surface area contributed by atoms with E-state index in [9.17, 15) is 4.79 Å². The quantitative estimate of drug-likeness (QED) is 0.926. The van der Waals surface area contributed by atoms with Gasteiger partial charge in [0.05, 0.1) is 6.10 Å². The van der Waals surface area contributed by atoms with Crippen LogP contribution >= 0.6 is 0 Å². The van der Waals surface area contributed by atoms with E-state index in [-0.39, 0.29) is 23.7 Å². The lowest BCUT2D eigenvalue weighted by atomic mass is 10.1. The predicted molar refractivity (Wildman–Crippen MR) is 79.6 cm³/mol. The van der Waals surface area contributed by atoms with E-state index in [1.165, 1.54) is 12.0 Å². The van der Waals surface area contributed by atoms with Gasteiger partial charge in [-0.2, -0.15) is 0 Å². The summed E-state index contributed by atoms with van der Waals surface area (Å²) in [6, 6.07) is 10.3. The molecule has 0 aromatic heterocycles. The van der Waals surface area contributed by atoms with Gasteiger partial charge in [-0.05, 0) is 37.7 Å². The third-order valence-corrected chi connectivity index (χ3v) is 4.93. The van der Waals surface area contributed by atoms with Crippen molar-refractivity contribution in [3.05, 3.63) is 35.9 Å². The van der Waals surface area contributed by atoms with Crippen LogP contribution in [0.4, 0.5) is 0 Å². The number of nitrogens with one attached hydrogen (secondary N) is 1. The SMILES string of the molecule is O=C1N(CC2CCCCO2)C(c2ccccc2)NC12CC2. The Hall–Kier alpha value is -1.39. The van der Waals surface area contributed by atoms with Gasteiger partial charge < -0.3 is 9.64 Å². The first kappa shape index (κ1) is 13.3. The summed E-state index contributed by atoms with van der Waals surface area (Å²) in [5.74, 6) is 0.269. The van der Waals surface area contributed by atoms with Gasteiger partial charge in [0.1, 0.15) is 11.7 Å². The topological polar surface area (TPSA) is 41.6 Å². The molecule has 0 bridgehead atoms. The van der Waals surface area contributed by atoms with Crippen LogP contribution < -0.4 is 5.32 Å². The first-order valence-corrected chi connectivity index (χ1v) is 8.04. The van der Waals surface area contributed by atoms with Gasteiger partial charge in [0, 0.05) is 13.2 Å². The third-order valence-electron chi connectivity index (χ3n) is 4.93. The van der Waals surface area contributed by atoms with Gasteiger partial charge in [0.25, 0.3) is 0 Å². The number of hydrogen-bond acceptors (Lipinski definition) is 3. The average Bonchev–Trinajstić information content (AvgIpc) is 3.27. The van der Waals surface area contributed by atoms with Crippen molar-refractivity contribution in [2.24, 2.45) is 0 Å². The number of benzene rings is 1. The standard InChI is InChI=1S/C17H22N2O2/c20-16-17(9-10-17)18-15(13-6-2-1-3-7-13)19(16)12-14-8-4-5-11-21-14/h1-3,6-7,14-15,18H,4-5,8-12H2. The Morgan fingerprint density at radius 2 is 2.05 bits per heavy atom. The van der Waals surface area contributed by atoms with Crippen molar-refractivity contribution >= 4 is 5.91 Å². The molecule has 4 nitrogen and oxygen atoms in total. The van der Waals surface area contributed by atoms with Crippen LogP contribution in [0, 0.1) is 0 Å². The molecule has 1 spiro atoms. The summed E-state index contributed by atoms with van der Waals surface area (Å²) < 4.78 is 5.84. The number of amides is 1. The van der Waals surface area contributed by atoms with Crippen LogP contribution in [-0.2, 0) is 9.53 Å². The molecule has 2 unspecified atom stereocenters. The molecule has 1 aromatic carbocycles. The number of nitrogens with zero attached hydrogens (tertiary/aromatic N) is 1. The Morgan fingerprint density at radius 1 is 1.24 bits per heavy atom. The molecule has 4 heteroatoms. The maximum absolute atomic E-state index is 12.8. The minimum absolute atomic E-state index is 0.00623. The second-order valence-corrected chi connectivity index (χ2v) is 6.49. The molecule has 1 saturated carbocycles. The Bertz CT molecular complexity index is 521. The molecule has 112 valence electrons. The van der Waals surface area contributed by atoms with Crippen molar-refractivity contribution in [3.8, 4) is 0 Å². The smallest absolute Gasteiger partial charge is 0.244 e. The fourth-order valence-electron chi connectivity index (χ4n) is 3.53. The van der Waals surface area contributed by atoms with E-state index < -0.39 is 0 Å². The lowest BCUT2D eigenvalue weighted by Gasteiger charge is -2.31. The average molecular weight is 286 g/mol. The number of ether oxygens (including phenoxy) is 1. The highest BCUT2D eigenvalue weighted by molar-refractivity contribution is 5.92. The van der Waals surface area contributed by atoms with E-state index in [1.54, 1.807) is 0 Å². The maximum atomic E-state index is 12.8. The summed E-state index contributed by atoms with van der Waals surface area (Å²) in [7, 11) is 0. The van der Waals surface area contributed by atoms with Crippen LogP contribution in [0.3, 0.4) is 0 Å². The molecule has 2 saturated heterocycles. The van der Waals surface area contributed by atoms with Crippen molar-refractivity contribution < 1.29 is 9.53 Å². The van der Waals surface area contributed by atoms with Gasteiger partial charge in [0.2, 0.25) is 5.91 Å². The maximum Gasteiger partial charge on any atom is 0.244 e. The van der Waals surface area contributed by atoms with Crippen molar-refractivity contribution in [1.29, 1.82) is 0 Å². The van der Waals surface area contributed by atoms with E-state index in [0.717, 1.165) is 32.3 Å². The molecule has 2 aliphatic heterocycles. The van der Waals surface area contributed by atoms with E-state index >= 15 is 0 Å². The molecular formula is C17H22N2O2. The lowest BCUT2D eigenvalue weighted by Crippen LogP contribution is -2.40. The van der Waals surface area contributed by atoms with Crippen LogP contribution in [-0.4, -0.2) is 35.6 Å². The number of carbonyl (C=O) groups excluding carboxylic acids is 1. The fraction of sp³-hybridized carbons (Fsp3) is 0.588.